The number of hydrogen-bond acceptors (Lipinski definition) is 3. The number of fused-ring (bicyclic) bond motifs is 1. The van der Waals surface area contributed by atoms with Gasteiger partial charge < -0.3 is 9.88 Å². The van der Waals surface area contributed by atoms with Gasteiger partial charge in [0.1, 0.15) is 6.54 Å². The van der Waals surface area contributed by atoms with Crippen molar-refractivity contribution < 1.29 is 4.79 Å². The molecular weight excluding hydrogens is 240 g/mol. The van der Waals surface area contributed by atoms with Gasteiger partial charge >= 0.3 is 0 Å². The minimum atomic E-state index is -0.143. The molecule has 1 N–H and O–H groups in total. The molecule has 0 saturated carbocycles. The lowest BCUT2D eigenvalue weighted by Crippen LogP contribution is -2.27. The molecule has 19 heavy (non-hydrogen) atoms. The Kier molecular flexibility index (Phi) is 3.80. The molecule has 2 aromatic rings. The third kappa shape index (κ3) is 2.72. The minimum Gasteiger partial charge on any atom is -0.354 e. The number of nitriles is 2. The molecule has 0 aliphatic rings. The summed E-state index contributed by atoms with van der Waals surface area (Å²) in [6.07, 6.45) is 2.09. The normalized spacial score (nSPS) is 9.79. The van der Waals surface area contributed by atoms with Crippen molar-refractivity contribution in [3.8, 4) is 12.1 Å². The maximum Gasteiger partial charge on any atom is 0.239 e. The Morgan fingerprint density at radius 2 is 2.16 bits per heavy atom. The molecular formula is C14H12N4O. The van der Waals surface area contributed by atoms with Crippen LogP contribution >= 0.6 is 0 Å². The molecule has 1 aromatic heterocycles. The van der Waals surface area contributed by atoms with Crippen LogP contribution in [0.2, 0.25) is 0 Å². The number of rotatable bonds is 4. The van der Waals surface area contributed by atoms with Crippen molar-refractivity contribution in [3.05, 3.63) is 36.0 Å². The van der Waals surface area contributed by atoms with Gasteiger partial charge in [-0.05, 0) is 18.2 Å². The van der Waals surface area contributed by atoms with E-state index in [1.165, 1.54) is 0 Å². The van der Waals surface area contributed by atoms with E-state index in [0.29, 0.717) is 18.5 Å². The molecule has 1 heterocycles. The number of amides is 1. The van der Waals surface area contributed by atoms with E-state index in [4.69, 9.17) is 10.5 Å². The standard InChI is InChI=1S/C14H12N4O/c15-6-2-7-17-14(19)10-18-8-5-12-11(9-16)3-1-4-13(12)18/h1,3-5,8H,2,7,10H2,(H,17,19). The highest BCUT2D eigenvalue weighted by Gasteiger charge is 2.08. The third-order valence-electron chi connectivity index (χ3n) is 2.81. The Balaban J connectivity index is 2.16. The number of carbonyl (C=O) groups excluding carboxylic acids is 1. The number of nitrogens with zero attached hydrogens (tertiary/aromatic N) is 3. The van der Waals surface area contributed by atoms with Crippen LogP contribution in [-0.4, -0.2) is 17.0 Å². The van der Waals surface area contributed by atoms with Crippen molar-refractivity contribution in [2.24, 2.45) is 0 Å². The topological polar surface area (TPSA) is 81.6 Å². The highest BCUT2D eigenvalue weighted by molar-refractivity contribution is 5.87. The van der Waals surface area contributed by atoms with Crippen LogP contribution in [0.5, 0.6) is 0 Å². The summed E-state index contributed by atoms with van der Waals surface area (Å²) in [6.45, 7) is 0.543. The first-order valence-corrected chi connectivity index (χ1v) is 5.88. The number of nitrogens with one attached hydrogen (secondary N) is 1. The Labute approximate surface area is 110 Å². The Hall–Kier alpha value is -2.79. The fraction of sp³-hybridized carbons (Fsp3) is 0.214. The van der Waals surface area contributed by atoms with E-state index >= 15 is 0 Å². The molecule has 1 amide bonds. The molecule has 0 bridgehead atoms. The average Bonchev–Trinajstić information content (AvgIpc) is 2.82. The highest BCUT2D eigenvalue weighted by atomic mass is 16.1. The van der Waals surface area contributed by atoms with E-state index in [2.05, 4.69) is 11.4 Å². The van der Waals surface area contributed by atoms with Gasteiger partial charge in [0.05, 0.1) is 24.1 Å². The summed E-state index contributed by atoms with van der Waals surface area (Å²) in [5, 5.41) is 20.9. The van der Waals surface area contributed by atoms with E-state index in [9.17, 15) is 4.79 Å². The molecule has 0 atom stereocenters. The smallest absolute Gasteiger partial charge is 0.239 e. The fourth-order valence-electron chi connectivity index (χ4n) is 1.93. The Morgan fingerprint density at radius 1 is 1.32 bits per heavy atom. The first-order chi connectivity index (χ1) is 9.26. The molecule has 0 saturated heterocycles. The SMILES string of the molecule is N#CCCNC(=O)Cn1ccc2c(C#N)cccc21. The van der Waals surface area contributed by atoms with Gasteiger partial charge in [-0.3, -0.25) is 4.79 Å². The molecule has 94 valence electrons. The summed E-state index contributed by atoms with van der Waals surface area (Å²) < 4.78 is 1.79. The van der Waals surface area contributed by atoms with E-state index < -0.39 is 0 Å². The van der Waals surface area contributed by atoms with Crippen molar-refractivity contribution in [3.63, 3.8) is 0 Å². The van der Waals surface area contributed by atoms with Gasteiger partial charge in [0.15, 0.2) is 0 Å². The Bertz CT molecular complexity index is 688. The Morgan fingerprint density at radius 3 is 2.89 bits per heavy atom. The fourth-order valence-corrected chi connectivity index (χ4v) is 1.93. The summed E-state index contributed by atoms with van der Waals surface area (Å²) in [4.78, 5) is 11.7. The van der Waals surface area contributed by atoms with Gasteiger partial charge in [0.25, 0.3) is 0 Å². The summed E-state index contributed by atoms with van der Waals surface area (Å²) >= 11 is 0. The number of benzene rings is 1. The van der Waals surface area contributed by atoms with Crippen molar-refractivity contribution in [1.82, 2.24) is 9.88 Å². The largest absolute Gasteiger partial charge is 0.354 e. The molecule has 0 fully saturated rings. The maximum atomic E-state index is 11.7. The van der Waals surface area contributed by atoms with Crippen LogP contribution in [-0.2, 0) is 11.3 Å². The number of hydrogen-bond donors (Lipinski definition) is 1. The minimum absolute atomic E-state index is 0.143. The van der Waals surface area contributed by atoms with Crippen LogP contribution in [0.25, 0.3) is 10.9 Å². The molecule has 1 aromatic carbocycles. The zero-order chi connectivity index (χ0) is 13.7. The van der Waals surface area contributed by atoms with Crippen LogP contribution in [0.3, 0.4) is 0 Å². The first-order valence-electron chi connectivity index (χ1n) is 5.88. The summed E-state index contributed by atoms with van der Waals surface area (Å²) in [6, 6.07) is 11.3. The van der Waals surface area contributed by atoms with Crippen molar-refractivity contribution >= 4 is 16.8 Å². The van der Waals surface area contributed by atoms with Gasteiger partial charge in [0, 0.05) is 23.6 Å². The second-order valence-electron chi connectivity index (χ2n) is 4.05. The first kappa shape index (κ1) is 12.7. The predicted octanol–water partition coefficient (Wildman–Crippen LogP) is 1.54. The zero-order valence-electron chi connectivity index (χ0n) is 10.3. The van der Waals surface area contributed by atoms with Crippen LogP contribution in [0.15, 0.2) is 30.5 Å². The molecule has 5 heteroatoms. The van der Waals surface area contributed by atoms with Crippen LogP contribution in [0.1, 0.15) is 12.0 Å². The molecule has 0 aliphatic heterocycles. The van der Waals surface area contributed by atoms with Gasteiger partial charge in [-0.2, -0.15) is 10.5 Å². The van der Waals surface area contributed by atoms with E-state index in [1.54, 1.807) is 22.9 Å². The van der Waals surface area contributed by atoms with Gasteiger partial charge in [-0.25, -0.2) is 0 Å². The van der Waals surface area contributed by atoms with Gasteiger partial charge in [-0.1, -0.05) is 6.07 Å². The van der Waals surface area contributed by atoms with Crippen molar-refractivity contribution in [1.29, 1.82) is 10.5 Å². The second kappa shape index (κ2) is 5.70. The van der Waals surface area contributed by atoms with Crippen molar-refractivity contribution in [2.45, 2.75) is 13.0 Å². The summed E-state index contributed by atoms with van der Waals surface area (Å²) in [5.74, 6) is -0.143. The molecule has 0 unspecified atom stereocenters. The van der Waals surface area contributed by atoms with E-state index in [1.807, 2.05) is 18.2 Å². The summed E-state index contributed by atoms with van der Waals surface area (Å²) in [7, 11) is 0. The van der Waals surface area contributed by atoms with Crippen LogP contribution < -0.4 is 5.32 Å². The molecule has 5 nitrogen and oxygen atoms in total. The van der Waals surface area contributed by atoms with E-state index in [0.717, 1.165) is 10.9 Å². The molecule has 0 spiro atoms. The molecule has 0 radical (unpaired) electrons. The van der Waals surface area contributed by atoms with Crippen LogP contribution in [0.4, 0.5) is 0 Å². The van der Waals surface area contributed by atoms with E-state index in [-0.39, 0.29) is 12.5 Å². The number of aromatic nitrogens is 1. The molecule has 2 rings (SSSR count). The predicted molar refractivity (Wildman–Crippen MR) is 69.9 cm³/mol. The van der Waals surface area contributed by atoms with Gasteiger partial charge in [-0.15, -0.1) is 0 Å². The maximum absolute atomic E-state index is 11.7. The lowest BCUT2D eigenvalue weighted by Gasteiger charge is -2.06. The average molecular weight is 252 g/mol. The third-order valence-corrected chi connectivity index (χ3v) is 2.81. The van der Waals surface area contributed by atoms with Gasteiger partial charge in [0.2, 0.25) is 5.91 Å². The zero-order valence-corrected chi connectivity index (χ0v) is 10.3. The highest BCUT2D eigenvalue weighted by Crippen LogP contribution is 2.19. The van der Waals surface area contributed by atoms with Crippen molar-refractivity contribution in [2.75, 3.05) is 6.54 Å². The second-order valence-corrected chi connectivity index (χ2v) is 4.05. The quantitative estimate of drug-likeness (QED) is 0.838. The lowest BCUT2D eigenvalue weighted by molar-refractivity contribution is -0.121. The monoisotopic (exact) mass is 252 g/mol. The van der Waals surface area contributed by atoms with Crippen LogP contribution in [0, 0.1) is 22.7 Å². The lowest BCUT2D eigenvalue weighted by atomic mass is 10.1. The molecule has 0 aliphatic carbocycles. The summed E-state index contributed by atoms with van der Waals surface area (Å²) in [5.41, 5.74) is 1.45. The number of carbonyl (C=O) groups is 1.